The average molecular weight is 300 g/mol. The molecular weight excluding hydrogens is 288 g/mol. The van der Waals surface area contributed by atoms with Crippen molar-refractivity contribution in [2.24, 2.45) is 0 Å². The predicted molar refractivity (Wildman–Crippen MR) is 66.8 cm³/mol. The van der Waals surface area contributed by atoms with E-state index >= 15 is 0 Å². The third kappa shape index (κ3) is 3.07. The van der Waals surface area contributed by atoms with E-state index in [1.807, 2.05) is 0 Å². The van der Waals surface area contributed by atoms with Crippen LogP contribution in [0.1, 0.15) is 24.1 Å². The number of nitrogens with one attached hydrogen (secondary N) is 1. The number of nitrogens with zero attached hydrogens (tertiary/aromatic N) is 1. The Morgan fingerprint density at radius 3 is 2.71 bits per heavy atom. The van der Waals surface area contributed by atoms with E-state index < -0.39 is 17.6 Å². The van der Waals surface area contributed by atoms with Crippen LogP contribution in [0.15, 0.2) is 29.0 Å². The van der Waals surface area contributed by atoms with Gasteiger partial charge in [0.15, 0.2) is 12.2 Å². The Labute approximate surface area is 118 Å². The Bertz CT molecular complexity index is 647. The Morgan fingerprint density at radius 2 is 2.05 bits per heavy atom. The van der Waals surface area contributed by atoms with Gasteiger partial charge in [-0.3, -0.25) is 0 Å². The van der Waals surface area contributed by atoms with Gasteiger partial charge in [-0.1, -0.05) is 0 Å². The van der Waals surface area contributed by atoms with E-state index in [9.17, 15) is 17.6 Å². The molecule has 1 saturated carbocycles. The van der Waals surface area contributed by atoms with Crippen LogP contribution in [-0.4, -0.2) is 11.0 Å². The summed E-state index contributed by atoms with van der Waals surface area (Å²) in [5.74, 6) is -1.07. The molecule has 1 N–H and O–H groups in total. The second-order valence-corrected chi connectivity index (χ2v) is 4.98. The molecule has 0 spiro atoms. The molecule has 1 fully saturated rings. The molecule has 7 heteroatoms. The number of alkyl halides is 3. The van der Waals surface area contributed by atoms with Crippen LogP contribution in [0.2, 0.25) is 0 Å². The van der Waals surface area contributed by atoms with Gasteiger partial charge in [0.1, 0.15) is 11.5 Å². The minimum absolute atomic E-state index is 0.161. The number of hydrogen-bond donors (Lipinski definition) is 1. The summed E-state index contributed by atoms with van der Waals surface area (Å²) in [7, 11) is 0. The van der Waals surface area contributed by atoms with Gasteiger partial charge in [-0.05, 0) is 31.0 Å². The number of hydrogen-bond acceptors (Lipinski definition) is 3. The van der Waals surface area contributed by atoms with Gasteiger partial charge in [-0.25, -0.2) is 9.37 Å². The lowest BCUT2D eigenvalue weighted by Gasteiger charge is -2.09. The first-order chi connectivity index (χ1) is 9.95. The largest absolute Gasteiger partial charge is 0.443 e. The molecule has 0 atom stereocenters. The highest BCUT2D eigenvalue weighted by atomic mass is 19.4. The molecule has 3 nitrogen and oxygen atoms in total. The van der Waals surface area contributed by atoms with E-state index in [4.69, 9.17) is 4.42 Å². The molecule has 0 saturated heterocycles. The molecule has 3 rings (SSSR count). The monoisotopic (exact) mass is 300 g/mol. The summed E-state index contributed by atoms with van der Waals surface area (Å²) in [6, 6.07) is 3.23. The van der Waals surface area contributed by atoms with Crippen LogP contribution < -0.4 is 5.32 Å². The first kappa shape index (κ1) is 14.1. The van der Waals surface area contributed by atoms with Gasteiger partial charge >= 0.3 is 6.18 Å². The maximum Gasteiger partial charge on any atom is 0.419 e. The van der Waals surface area contributed by atoms with Crippen LogP contribution in [0.5, 0.6) is 0 Å². The van der Waals surface area contributed by atoms with Crippen molar-refractivity contribution in [3.63, 3.8) is 0 Å². The van der Waals surface area contributed by atoms with E-state index in [1.54, 1.807) is 0 Å². The summed E-state index contributed by atoms with van der Waals surface area (Å²) >= 11 is 0. The second kappa shape index (κ2) is 5.14. The fraction of sp³-hybridized carbons (Fsp3) is 0.357. The molecule has 112 valence electrons. The van der Waals surface area contributed by atoms with Gasteiger partial charge in [-0.2, -0.15) is 13.2 Å². The van der Waals surface area contributed by atoms with Gasteiger partial charge in [0.05, 0.1) is 5.56 Å². The van der Waals surface area contributed by atoms with Crippen molar-refractivity contribution in [2.45, 2.75) is 31.6 Å². The van der Waals surface area contributed by atoms with Crippen molar-refractivity contribution in [2.75, 3.05) is 0 Å². The minimum atomic E-state index is -4.74. The molecule has 1 aliphatic carbocycles. The van der Waals surface area contributed by atoms with E-state index in [2.05, 4.69) is 10.3 Å². The average Bonchev–Trinajstić information content (AvgIpc) is 3.13. The highest BCUT2D eigenvalue weighted by molar-refractivity contribution is 5.61. The van der Waals surface area contributed by atoms with Crippen molar-refractivity contribution >= 4 is 0 Å². The van der Waals surface area contributed by atoms with Crippen LogP contribution in [0, 0.1) is 5.82 Å². The van der Waals surface area contributed by atoms with E-state index in [1.165, 1.54) is 12.5 Å². The van der Waals surface area contributed by atoms with Crippen molar-refractivity contribution in [3.05, 3.63) is 41.7 Å². The molecule has 1 heterocycles. The Hall–Kier alpha value is -1.89. The second-order valence-electron chi connectivity index (χ2n) is 4.98. The first-order valence-corrected chi connectivity index (χ1v) is 6.48. The molecule has 0 radical (unpaired) electrons. The van der Waals surface area contributed by atoms with Gasteiger partial charge in [-0.15, -0.1) is 0 Å². The van der Waals surface area contributed by atoms with Crippen LogP contribution in [-0.2, 0) is 12.7 Å². The molecule has 1 aromatic heterocycles. The standard InChI is InChI=1S/C14H12F4N2O/c15-11-4-1-8(5-10(11)14(16,17)18)13-12(20-7-21-13)6-19-9-2-3-9/h1,4-5,7,9,19H,2-3,6H2. The predicted octanol–water partition coefficient (Wildman–Crippen LogP) is 3.75. The number of benzene rings is 1. The Balaban J connectivity index is 1.91. The number of oxazole rings is 1. The van der Waals surface area contributed by atoms with Gasteiger partial charge in [0, 0.05) is 18.2 Å². The zero-order chi connectivity index (χ0) is 15.0. The molecule has 0 aliphatic heterocycles. The van der Waals surface area contributed by atoms with E-state index in [-0.39, 0.29) is 11.3 Å². The van der Waals surface area contributed by atoms with Gasteiger partial charge in [0.2, 0.25) is 0 Å². The normalized spacial score (nSPS) is 15.4. The molecule has 1 aliphatic rings. The Morgan fingerprint density at radius 1 is 1.29 bits per heavy atom. The van der Waals surface area contributed by atoms with Crippen molar-refractivity contribution in [3.8, 4) is 11.3 Å². The summed E-state index contributed by atoms with van der Waals surface area (Å²) in [6.45, 7) is 0.412. The van der Waals surface area contributed by atoms with E-state index in [0.29, 0.717) is 18.3 Å². The molecule has 0 unspecified atom stereocenters. The molecular formula is C14H12F4N2O. The zero-order valence-electron chi connectivity index (χ0n) is 10.9. The third-order valence-electron chi connectivity index (χ3n) is 3.31. The van der Waals surface area contributed by atoms with Crippen molar-refractivity contribution in [1.82, 2.24) is 10.3 Å². The van der Waals surface area contributed by atoms with Crippen LogP contribution in [0.3, 0.4) is 0 Å². The fourth-order valence-corrected chi connectivity index (χ4v) is 2.04. The van der Waals surface area contributed by atoms with Gasteiger partial charge < -0.3 is 9.73 Å². The SMILES string of the molecule is Fc1ccc(-c2ocnc2CNC2CC2)cc1C(F)(F)F. The highest BCUT2D eigenvalue weighted by Gasteiger charge is 2.34. The molecule has 0 amide bonds. The highest BCUT2D eigenvalue weighted by Crippen LogP contribution is 2.35. The Kier molecular flexibility index (Phi) is 3.44. The quantitative estimate of drug-likeness (QED) is 0.874. The maximum absolute atomic E-state index is 13.3. The molecule has 0 bridgehead atoms. The lowest BCUT2D eigenvalue weighted by Crippen LogP contribution is -2.16. The van der Waals surface area contributed by atoms with E-state index in [0.717, 1.165) is 25.0 Å². The maximum atomic E-state index is 13.3. The molecule has 21 heavy (non-hydrogen) atoms. The smallest absolute Gasteiger partial charge is 0.419 e. The molecule has 1 aromatic carbocycles. The fourth-order valence-electron chi connectivity index (χ4n) is 2.04. The lowest BCUT2D eigenvalue weighted by molar-refractivity contribution is -0.139. The van der Waals surface area contributed by atoms with Crippen LogP contribution in [0.4, 0.5) is 17.6 Å². The molecule has 2 aromatic rings. The number of halogens is 4. The summed E-state index contributed by atoms with van der Waals surface area (Å²) < 4.78 is 56.7. The summed E-state index contributed by atoms with van der Waals surface area (Å²) in [4.78, 5) is 4.00. The van der Waals surface area contributed by atoms with Crippen LogP contribution >= 0.6 is 0 Å². The topological polar surface area (TPSA) is 38.1 Å². The summed E-state index contributed by atoms with van der Waals surface area (Å²) in [5.41, 5.74) is -0.632. The van der Waals surface area contributed by atoms with Gasteiger partial charge in [0.25, 0.3) is 0 Å². The van der Waals surface area contributed by atoms with Crippen molar-refractivity contribution in [1.29, 1.82) is 0 Å². The summed E-state index contributed by atoms with van der Waals surface area (Å²) in [6.07, 6.45) is -1.40. The minimum Gasteiger partial charge on any atom is -0.443 e. The summed E-state index contributed by atoms with van der Waals surface area (Å²) in [5, 5.41) is 3.21. The number of rotatable bonds is 4. The zero-order valence-corrected chi connectivity index (χ0v) is 10.9. The third-order valence-corrected chi connectivity index (χ3v) is 3.31. The van der Waals surface area contributed by atoms with Crippen molar-refractivity contribution < 1.29 is 22.0 Å². The first-order valence-electron chi connectivity index (χ1n) is 6.48. The van der Waals surface area contributed by atoms with Crippen LogP contribution in [0.25, 0.3) is 11.3 Å². The number of aromatic nitrogens is 1. The lowest BCUT2D eigenvalue weighted by atomic mass is 10.1.